The molecular formula is C16H25BN2O4. The number of hydrogen-bond acceptors (Lipinski definition) is 4. The second-order valence-electron chi connectivity index (χ2n) is 6.67. The number of amides is 2. The van der Waals surface area contributed by atoms with Gasteiger partial charge in [-0.1, -0.05) is 12.1 Å². The van der Waals surface area contributed by atoms with E-state index >= 15 is 0 Å². The van der Waals surface area contributed by atoms with Crippen LogP contribution in [0.25, 0.3) is 0 Å². The summed E-state index contributed by atoms with van der Waals surface area (Å²) in [6.45, 7) is 8.55. The van der Waals surface area contributed by atoms with Gasteiger partial charge in [-0.3, -0.25) is 0 Å². The van der Waals surface area contributed by atoms with Crippen LogP contribution in [0.4, 0.5) is 10.5 Å². The molecule has 6 nitrogen and oxygen atoms in total. The summed E-state index contributed by atoms with van der Waals surface area (Å²) in [6.07, 6.45) is 0.536. The van der Waals surface area contributed by atoms with Crippen LogP contribution in [0.5, 0.6) is 0 Å². The van der Waals surface area contributed by atoms with Crippen molar-refractivity contribution in [1.29, 1.82) is 0 Å². The highest BCUT2D eigenvalue weighted by molar-refractivity contribution is 6.62. The van der Waals surface area contributed by atoms with Crippen molar-refractivity contribution in [3.8, 4) is 0 Å². The maximum Gasteiger partial charge on any atom is 0.494 e. The van der Waals surface area contributed by atoms with Crippen LogP contribution >= 0.6 is 0 Å². The molecule has 0 radical (unpaired) electrons. The molecule has 0 spiro atoms. The van der Waals surface area contributed by atoms with E-state index < -0.39 is 7.12 Å². The summed E-state index contributed by atoms with van der Waals surface area (Å²) in [4.78, 5) is 11.6. The van der Waals surface area contributed by atoms with Crippen LogP contribution in [0, 0.1) is 0 Å². The number of aliphatic hydroxyl groups excluding tert-OH is 1. The minimum absolute atomic E-state index is 0.0586. The maximum atomic E-state index is 11.6. The van der Waals surface area contributed by atoms with Crippen molar-refractivity contribution in [3.05, 3.63) is 24.3 Å². The molecule has 1 aromatic rings. The quantitative estimate of drug-likeness (QED) is 0.567. The van der Waals surface area contributed by atoms with Crippen molar-refractivity contribution in [2.75, 3.05) is 18.5 Å². The van der Waals surface area contributed by atoms with Crippen LogP contribution < -0.4 is 16.1 Å². The fourth-order valence-corrected chi connectivity index (χ4v) is 2.16. The van der Waals surface area contributed by atoms with Gasteiger partial charge in [0, 0.05) is 18.8 Å². The normalized spacial score (nSPS) is 18.7. The van der Waals surface area contributed by atoms with Crippen LogP contribution in [0.1, 0.15) is 34.1 Å². The Kier molecular flexibility index (Phi) is 5.34. The van der Waals surface area contributed by atoms with E-state index in [0.29, 0.717) is 18.7 Å². The van der Waals surface area contributed by atoms with Gasteiger partial charge < -0.3 is 25.0 Å². The van der Waals surface area contributed by atoms with E-state index in [4.69, 9.17) is 14.4 Å². The lowest BCUT2D eigenvalue weighted by atomic mass is 9.79. The van der Waals surface area contributed by atoms with Gasteiger partial charge in [-0.05, 0) is 51.7 Å². The predicted molar refractivity (Wildman–Crippen MR) is 90.9 cm³/mol. The Morgan fingerprint density at radius 1 is 1.13 bits per heavy atom. The van der Waals surface area contributed by atoms with Crippen molar-refractivity contribution in [3.63, 3.8) is 0 Å². The van der Waals surface area contributed by atoms with Gasteiger partial charge in [0.05, 0.1) is 11.2 Å². The van der Waals surface area contributed by atoms with Gasteiger partial charge in [0.25, 0.3) is 0 Å². The lowest BCUT2D eigenvalue weighted by Gasteiger charge is -2.32. The molecular weight excluding hydrogens is 295 g/mol. The Morgan fingerprint density at radius 3 is 2.22 bits per heavy atom. The van der Waals surface area contributed by atoms with E-state index in [-0.39, 0.29) is 23.8 Å². The molecule has 0 bridgehead atoms. The topological polar surface area (TPSA) is 79.8 Å². The molecule has 7 heteroatoms. The predicted octanol–water partition coefficient (Wildman–Crippen LogP) is 1.49. The molecule has 1 aromatic carbocycles. The number of benzene rings is 1. The zero-order valence-electron chi connectivity index (χ0n) is 14.2. The smallest absolute Gasteiger partial charge is 0.399 e. The second kappa shape index (κ2) is 6.90. The number of nitrogens with one attached hydrogen (secondary N) is 2. The van der Waals surface area contributed by atoms with E-state index in [1.54, 1.807) is 0 Å². The molecule has 0 atom stereocenters. The Labute approximate surface area is 137 Å². The average molecular weight is 320 g/mol. The molecule has 1 heterocycles. The van der Waals surface area contributed by atoms with Crippen molar-refractivity contribution in [1.82, 2.24) is 5.32 Å². The zero-order chi connectivity index (χ0) is 17.1. The Morgan fingerprint density at radius 2 is 1.70 bits per heavy atom. The molecule has 2 rings (SSSR count). The van der Waals surface area contributed by atoms with Crippen molar-refractivity contribution < 1.29 is 19.2 Å². The van der Waals surface area contributed by atoms with Crippen LogP contribution in [0.2, 0.25) is 0 Å². The fraction of sp³-hybridized carbons (Fsp3) is 0.562. The monoisotopic (exact) mass is 320 g/mol. The molecule has 0 saturated carbocycles. The summed E-state index contributed by atoms with van der Waals surface area (Å²) in [5, 5.41) is 14.1. The summed E-state index contributed by atoms with van der Waals surface area (Å²) in [5.74, 6) is 0. The molecule has 3 N–H and O–H groups in total. The Hall–Kier alpha value is -1.57. The van der Waals surface area contributed by atoms with Gasteiger partial charge in [-0.2, -0.15) is 0 Å². The molecule has 0 unspecified atom stereocenters. The van der Waals surface area contributed by atoms with Gasteiger partial charge >= 0.3 is 13.1 Å². The Bertz CT molecular complexity index is 530. The van der Waals surface area contributed by atoms with Crippen molar-refractivity contribution in [2.45, 2.75) is 45.3 Å². The summed E-state index contributed by atoms with van der Waals surface area (Å²) in [6, 6.07) is 7.09. The van der Waals surface area contributed by atoms with Gasteiger partial charge in [0.15, 0.2) is 0 Å². The number of aliphatic hydroxyl groups is 1. The molecule has 1 fully saturated rings. The molecule has 2 amide bonds. The molecule has 1 aliphatic heterocycles. The lowest BCUT2D eigenvalue weighted by molar-refractivity contribution is 0.00578. The number of rotatable bonds is 5. The van der Waals surface area contributed by atoms with E-state index in [9.17, 15) is 4.79 Å². The summed E-state index contributed by atoms with van der Waals surface area (Å²) >= 11 is 0. The van der Waals surface area contributed by atoms with Gasteiger partial charge in [0.1, 0.15) is 0 Å². The number of hydrogen-bond donors (Lipinski definition) is 3. The van der Waals surface area contributed by atoms with Gasteiger partial charge in [-0.15, -0.1) is 0 Å². The molecule has 1 saturated heterocycles. The standard InChI is InChI=1S/C16H25BN2O4/c1-15(2)16(3,4)23-17(22-15)12-6-8-13(9-7-12)19-14(21)18-10-5-11-20/h6-9,20H,5,10-11H2,1-4H3,(H2,18,19,21). The van der Waals surface area contributed by atoms with Crippen LogP contribution in [0.3, 0.4) is 0 Å². The average Bonchev–Trinajstić information content (AvgIpc) is 2.68. The third-order valence-electron chi connectivity index (χ3n) is 4.31. The number of anilines is 1. The van der Waals surface area contributed by atoms with Crippen LogP contribution in [-0.4, -0.2) is 42.6 Å². The largest absolute Gasteiger partial charge is 0.494 e. The molecule has 0 aromatic heterocycles. The number of urea groups is 1. The molecule has 23 heavy (non-hydrogen) atoms. The first-order valence-corrected chi connectivity index (χ1v) is 7.86. The van der Waals surface area contributed by atoms with E-state index in [1.165, 1.54) is 0 Å². The van der Waals surface area contributed by atoms with Gasteiger partial charge in [0.2, 0.25) is 0 Å². The van der Waals surface area contributed by atoms with E-state index in [1.807, 2.05) is 52.0 Å². The Balaban J connectivity index is 1.94. The third-order valence-corrected chi connectivity index (χ3v) is 4.31. The fourth-order valence-electron chi connectivity index (χ4n) is 2.16. The van der Waals surface area contributed by atoms with Crippen LogP contribution in [-0.2, 0) is 9.31 Å². The first-order chi connectivity index (χ1) is 10.7. The molecule has 126 valence electrons. The summed E-state index contributed by atoms with van der Waals surface area (Å²) in [5.41, 5.74) is 0.851. The SMILES string of the molecule is CC1(C)OB(c2ccc(NC(=O)NCCCO)cc2)OC1(C)C. The van der Waals surface area contributed by atoms with Crippen LogP contribution in [0.15, 0.2) is 24.3 Å². The zero-order valence-corrected chi connectivity index (χ0v) is 14.2. The lowest BCUT2D eigenvalue weighted by Crippen LogP contribution is -2.41. The van der Waals surface area contributed by atoms with Crippen molar-refractivity contribution in [2.24, 2.45) is 0 Å². The maximum absolute atomic E-state index is 11.6. The molecule has 1 aliphatic rings. The third kappa shape index (κ3) is 4.25. The minimum Gasteiger partial charge on any atom is -0.399 e. The van der Waals surface area contributed by atoms with E-state index in [0.717, 1.165) is 5.46 Å². The van der Waals surface area contributed by atoms with Crippen molar-refractivity contribution >= 4 is 24.3 Å². The minimum atomic E-state index is -0.410. The highest BCUT2D eigenvalue weighted by atomic mass is 16.7. The molecule has 0 aliphatic carbocycles. The first kappa shape index (κ1) is 17.8. The van der Waals surface area contributed by atoms with Gasteiger partial charge in [-0.25, -0.2) is 4.79 Å². The number of carbonyl (C=O) groups excluding carboxylic acids is 1. The highest BCUT2D eigenvalue weighted by Crippen LogP contribution is 2.36. The second-order valence-corrected chi connectivity index (χ2v) is 6.67. The number of carbonyl (C=O) groups is 1. The van der Waals surface area contributed by atoms with E-state index in [2.05, 4.69) is 10.6 Å². The summed E-state index contributed by atoms with van der Waals surface area (Å²) in [7, 11) is -0.410. The highest BCUT2D eigenvalue weighted by Gasteiger charge is 2.51. The summed E-state index contributed by atoms with van der Waals surface area (Å²) < 4.78 is 12.0. The first-order valence-electron chi connectivity index (χ1n) is 7.86.